The van der Waals surface area contributed by atoms with Crippen LogP contribution in [-0.2, 0) is 5.41 Å². The van der Waals surface area contributed by atoms with E-state index in [1.165, 1.54) is 11.3 Å². The predicted molar refractivity (Wildman–Crippen MR) is 108 cm³/mol. The molecule has 8 heteroatoms. The Balaban J connectivity index is 2.65. The molecule has 3 aromatic rings. The fourth-order valence-electron chi connectivity index (χ4n) is 3.02. The van der Waals surface area contributed by atoms with Crippen LogP contribution in [-0.4, -0.2) is 52.1 Å². The van der Waals surface area contributed by atoms with Crippen molar-refractivity contribution >= 4 is 112 Å². The molecular formula is C15H9B6NS. The Morgan fingerprint density at radius 1 is 0.696 bits per heavy atom. The van der Waals surface area contributed by atoms with Crippen LogP contribution in [0.15, 0.2) is 0 Å². The van der Waals surface area contributed by atoms with Crippen molar-refractivity contribution in [1.82, 2.24) is 4.98 Å². The Labute approximate surface area is 148 Å². The average molecular weight is 300 g/mol. The second-order valence-corrected chi connectivity index (χ2v) is 7.69. The van der Waals surface area contributed by atoms with Gasteiger partial charge in [0.2, 0.25) is 0 Å². The minimum absolute atomic E-state index is 0.172. The third kappa shape index (κ3) is 2.33. The summed E-state index contributed by atoms with van der Waals surface area (Å²) in [5.74, 6) is 0. The highest BCUT2D eigenvalue weighted by Gasteiger charge is 2.24. The maximum Gasteiger partial charge on any atom is 0.143 e. The molecule has 0 atom stereocenters. The van der Waals surface area contributed by atoms with Gasteiger partial charge in [0.1, 0.15) is 47.1 Å². The maximum atomic E-state index is 6.42. The second kappa shape index (κ2) is 5.24. The molecule has 2 heterocycles. The molecule has 0 amide bonds. The van der Waals surface area contributed by atoms with Crippen LogP contribution in [0.25, 0.3) is 20.2 Å². The molecule has 1 nitrogen and oxygen atoms in total. The number of aromatic nitrogens is 1. The van der Waals surface area contributed by atoms with Crippen molar-refractivity contribution in [2.45, 2.75) is 26.2 Å². The maximum absolute atomic E-state index is 6.42. The number of benzene rings is 1. The van der Waals surface area contributed by atoms with Crippen molar-refractivity contribution in [3.8, 4) is 0 Å². The molecule has 23 heavy (non-hydrogen) atoms. The summed E-state index contributed by atoms with van der Waals surface area (Å²) in [5.41, 5.74) is 2.91. The van der Waals surface area contributed by atoms with Gasteiger partial charge in [-0.1, -0.05) is 48.2 Å². The van der Waals surface area contributed by atoms with Crippen LogP contribution < -0.4 is 33.0 Å². The molecule has 2 aromatic heterocycles. The van der Waals surface area contributed by atoms with Crippen molar-refractivity contribution in [3.63, 3.8) is 0 Å². The first-order valence-corrected chi connectivity index (χ1v) is 7.90. The molecule has 98 valence electrons. The average Bonchev–Trinajstić information content (AvgIpc) is 2.82. The Morgan fingerprint density at radius 3 is 1.83 bits per heavy atom. The van der Waals surface area contributed by atoms with Crippen molar-refractivity contribution in [2.75, 3.05) is 0 Å². The normalized spacial score (nSPS) is 12.3. The third-order valence-electron chi connectivity index (χ3n) is 4.02. The summed E-state index contributed by atoms with van der Waals surface area (Å²) in [5, 5.41) is 1.37. The molecule has 0 bridgehead atoms. The van der Waals surface area contributed by atoms with E-state index in [1.807, 2.05) is 20.8 Å². The van der Waals surface area contributed by atoms with Crippen LogP contribution in [0.2, 0.25) is 0 Å². The highest BCUT2D eigenvalue weighted by molar-refractivity contribution is 7.28. The van der Waals surface area contributed by atoms with E-state index < -0.39 is 0 Å². The standard InChI is InChI=1S/C15H9B6NS/c1-15(2,3)6-9(18)7(16)4-5-8(17)13(20)22-14(21)12(5)23-11(4)10(6)19/h1-3H3. The fraction of sp³-hybridized carbons (Fsp3) is 0.267. The second-order valence-electron chi connectivity index (χ2n) is 6.67. The van der Waals surface area contributed by atoms with Crippen LogP contribution in [0.5, 0.6) is 0 Å². The number of pyridine rings is 1. The summed E-state index contributed by atoms with van der Waals surface area (Å²) in [6, 6.07) is 0. The molecule has 0 N–H and O–H groups in total. The molecule has 3 rings (SSSR count). The molecule has 0 fully saturated rings. The SMILES string of the molecule is [B]c1nc([B])c2sc3c([B])c(C(C)(C)C)c([B])c([B])c3c2c1[B]. The first-order chi connectivity index (χ1) is 10.6. The molecule has 0 saturated heterocycles. The lowest BCUT2D eigenvalue weighted by molar-refractivity contribution is 0.599. The van der Waals surface area contributed by atoms with E-state index in [-0.39, 0.29) is 11.0 Å². The van der Waals surface area contributed by atoms with E-state index in [9.17, 15) is 0 Å². The van der Waals surface area contributed by atoms with E-state index in [1.54, 1.807) is 0 Å². The fourth-order valence-corrected chi connectivity index (χ4v) is 4.21. The molecule has 0 unspecified atom stereocenters. The monoisotopic (exact) mass is 301 g/mol. The Morgan fingerprint density at radius 2 is 1.26 bits per heavy atom. The van der Waals surface area contributed by atoms with Crippen molar-refractivity contribution in [1.29, 1.82) is 0 Å². The van der Waals surface area contributed by atoms with Gasteiger partial charge in [-0.3, -0.25) is 4.98 Å². The molecular weight excluding hydrogens is 291 g/mol. The van der Waals surface area contributed by atoms with Gasteiger partial charge in [0, 0.05) is 15.0 Å². The van der Waals surface area contributed by atoms with Crippen LogP contribution in [0.3, 0.4) is 0 Å². The van der Waals surface area contributed by atoms with Gasteiger partial charge in [0.25, 0.3) is 0 Å². The van der Waals surface area contributed by atoms with Gasteiger partial charge >= 0.3 is 0 Å². The van der Waals surface area contributed by atoms with Crippen molar-refractivity contribution < 1.29 is 0 Å². The third-order valence-corrected chi connectivity index (χ3v) is 5.27. The highest BCUT2D eigenvalue weighted by Crippen LogP contribution is 2.30. The number of nitrogens with zero attached hydrogens (tertiary/aromatic N) is 1. The van der Waals surface area contributed by atoms with Crippen molar-refractivity contribution in [3.05, 3.63) is 5.56 Å². The number of fused-ring (bicyclic) bond motifs is 3. The van der Waals surface area contributed by atoms with E-state index in [2.05, 4.69) is 4.98 Å². The Bertz CT molecular complexity index is 970. The van der Waals surface area contributed by atoms with E-state index in [4.69, 9.17) is 47.1 Å². The summed E-state index contributed by atoms with van der Waals surface area (Å²) in [7, 11) is 37.0. The lowest BCUT2D eigenvalue weighted by atomic mass is 9.64. The number of thiophene rings is 1. The number of hydrogen-bond acceptors (Lipinski definition) is 2. The lowest BCUT2D eigenvalue weighted by Crippen LogP contribution is -2.42. The molecule has 1 aromatic carbocycles. The van der Waals surface area contributed by atoms with E-state index in [0.29, 0.717) is 38.2 Å². The van der Waals surface area contributed by atoms with Gasteiger partial charge in [0.05, 0.1) is 0 Å². The molecule has 0 saturated carbocycles. The number of rotatable bonds is 0. The van der Waals surface area contributed by atoms with Crippen LogP contribution in [0.1, 0.15) is 26.3 Å². The van der Waals surface area contributed by atoms with Crippen LogP contribution in [0.4, 0.5) is 0 Å². The van der Waals surface area contributed by atoms with Gasteiger partial charge in [-0.15, -0.1) is 11.3 Å². The van der Waals surface area contributed by atoms with Gasteiger partial charge in [-0.05, 0) is 21.8 Å². The summed E-state index contributed by atoms with van der Waals surface area (Å²) in [4.78, 5) is 4.08. The van der Waals surface area contributed by atoms with Gasteiger partial charge in [-0.25, -0.2) is 0 Å². The minimum atomic E-state index is -0.249. The lowest BCUT2D eigenvalue weighted by Gasteiger charge is -2.27. The van der Waals surface area contributed by atoms with Gasteiger partial charge < -0.3 is 0 Å². The smallest absolute Gasteiger partial charge is 0.143 e. The molecule has 0 spiro atoms. The summed E-state index contributed by atoms with van der Waals surface area (Å²) in [6.45, 7) is 6.11. The van der Waals surface area contributed by atoms with Gasteiger partial charge in [0.15, 0.2) is 0 Å². The highest BCUT2D eigenvalue weighted by atomic mass is 32.1. The Kier molecular flexibility index (Phi) is 3.83. The van der Waals surface area contributed by atoms with Crippen LogP contribution in [0, 0.1) is 0 Å². The minimum Gasteiger partial charge on any atom is -0.280 e. The zero-order chi connectivity index (χ0) is 17.3. The first kappa shape index (κ1) is 16.8. The quantitative estimate of drug-likeness (QED) is 0.419. The largest absolute Gasteiger partial charge is 0.280 e. The van der Waals surface area contributed by atoms with Crippen LogP contribution >= 0.6 is 11.3 Å². The van der Waals surface area contributed by atoms with Crippen molar-refractivity contribution in [2.24, 2.45) is 0 Å². The predicted octanol–water partition coefficient (Wildman–Crippen LogP) is -2.49. The molecule has 0 aliphatic carbocycles. The first-order valence-electron chi connectivity index (χ1n) is 7.09. The summed E-state index contributed by atoms with van der Waals surface area (Å²) in [6.07, 6.45) is 0. The van der Waals surface area contributed by atoms with E-state index >= 15 is 0 Å². The zero-order valence-electron chi connectivity index (χ0n) is 13.3. The van der Waals surface area contributed by atoms with E-state index in [0.717, 1.165) is 15.0 Å². The molecule has 0 aliphatic heterocycles. The number of hydrogen-bond donors (Lipinski definition) is 0. The molecule has 12 radical (unpaired) electrons. The topological polar surface area (TPSA) is 12.9 Å². The van der Waals surface area contributed by atoms with Gasteiger partial charge in [-0.2, -0.15) is 0 Å². The zero-order valence-corrected chi connectivity index (χ0v) is 14.1. The summed E-state index contributed by atoms with van der Waals surface area (Å²) >= 11 is 1.41. The molecule has 0 aliphatic rings. The Hall–Kier alpha value is -1.02. The summed E-state index contributed by atoms with van der Waals surface area (Å²) < 4.78 is 1.53.